The van der Waals surface area contributed by atoms with E-state index in [-0.39, 0.29) is 22.3 Å². The zero-order valence-corrected chi connectivity index (χ0v) is 13.9. The van der Waals surface area contributed by atoms with Gasteiger partial charge in [-0.05, 0) is 41.4 Å². The van der Waals surface area contributed by atoms with Gasteiger partial charge >= 0.3 is 11.9 Å². The van der Waals surface area contributed by atoms with Crippen LogP contribution >= 0.6 is 15.9 Å². The summed E-state index contributed by atoms with van der Waals surface area (Å²) in [5.74, 6) is -3.16. The fourth-order valence-corrected chi connectivity index (χ4v) is 1.99. The van der Waals surface area contributed by atoms with E-state index in [4.69, 9.17) is 0 Å². The first kappa shape index (κ1) is 18.1. The SMILES string of the molecule is CCOC(=O)CC(=O)Nc1c(C(=O)OC)cc(C)c(Br)c1F. The second kappa shape index (κ2) is 7.88. The number of hydrogen-bond donors (Lipinski definition) is 1. The Morgan fingerprint density at radius 1 is 1.36 bits per heavy atom. The lowest BCUT2D eigenvalue weighted by Crippen LogP contribution is -2.21. The Kier molecular flexibility index (Phi) is 6.48. The molecule has 0 spiro atoms. The summed E-state index contributed by atoms with van der Waals surface area (Å²) in [5, 5.41) is 2.21. The molecule has 0 fully saturated rings. The lowest BCUT2D eigenvalue weighted by Gasteiger charge is -2.13. The number of ether oxygens (including phenoxy) is 2. The molecule has 120 valence electrons. The van der Waals surface area contributed by atoms with Crippen LogP contribution in [-0.2, 0) is 19.1 Å². The zero-order chi connectivity index (χ0) is 16.9. The van der Waals surface area contributed by atoms with E-state index < -0.39 is 30.1 Å². The lowest BCUT2D eigenvalue weighted by molar-refractivity contribution is -0.145. The van der Waals surface area contributed by atoms with Crippen LogP contribution in [0.5, 0.6) is 0 Å². The van der Waals surface area contributed by atoms with Crippen LogP contribution in [0.2, 0.25) is 0 Å². The van der Waals surface area contributed by atoms with Crippen molar-refractivity contribution in [3.05, 3.63) is 27.5 Å². The number of carbonyl (C=O) groups is 3. The van der Waals surface area contributed by atoms with E-state index in [1.54, 1.807) is 13.8 Å². The van der Waals surface area contributed by atoms with Crippen molar-refractivity contribution in [2.75, 3.05) is 19.0 Å². The van der Waals surface area contributed by atoms with E-state index >= 15 is 0 Å². The first-order valence-electron chi connectivity index (χ1n) is 6.34. The molecule has 6 nitrogen and oxygen atoms in total. The molecule has 1 aromatic rings. The molecule has 1 amide bonds. The first-order valence-corrected chi connectivity index (χ1v) is 7.13. The van der Waals surface area contributed by atoms with Crippen LogP contribution in [0, 0.1) is 12.7 Å². The molecule has 22 heavy (non-hydrogen) atoms. The van der Waals surface area contributed by atoms with Gasteiger partial charge in [0, 0.05) is 0 Å². The van der Waals surface area contributed by atoms with Crippen LogP contribution in [0.1, 0.15) is 29.3 Å². The van der Waals surface area contributed by atoms with Crippen LogP contribution in [0.25, 0.3) is 0 Å². The fraction of sp³-hybridized carbons (Fsp3) is 0.357. The van der Waals surface area contributed by atoms with Gasteiger partial charge in [0.05, 0.1) is 29.4 Å². The summed E-state index contributed by atoms with van der Waals surface area (Å²) in [6.07, 6.45) is -0.584. The molecule has 1 N–H and O–H groups in total. The van der Waals surface area contributed by atoms with Gasteiger partial charge in [0.2, 0.25) is 5.91 Å². The topological polar surface area (TPSA) is 81.7 Å². The predicted octanol–water partition coefficient (Wildman–Crippen LogP) is 2.57. The third-order valence-corrected chi connectivity index (χ3v) is 3.64. The number of amides is 1. The zero-order valence-electron chi connectivity index (χ0n) is 12.3. The summed E-state index contributed by atoms with van der Waals surface area (Å²) in [5.41, 5.74) is -0.0298. The van der Waals surface area contributed by atoms with E-state index in [1.807, 2.05) is 0 Å². The minimum absolute atomic E-state index is 0.103. The maximum Gasteiger partial charge on any atom is 0.340 e. The molecule has 0 unspecified atom stereocenters. The van der Waals surface area contributed by atoms with Gasteiger partial charge in [-0.25, -0.2) is 9.18 Å². The van der Waals surface area contributed by atoms with Crippen LogP contribution in [0.15, 0.2) is 10.5 Å². The summed E-state index contributed by atoms with van der Waals surface area (Å²) in [7, 11) is 1.14. The Labute approximate surface area is 135 Å². The standard InChI is InChI=1S/C14H15BrFNO5/c1-4-22-10(19)6-9(18)17-13-8(14(20)21-3)5-7(2)11(15)12(13)16/h5H,4,6H2,1-3H3,(H,17,18). The smallest absolute Gasteiger partial charge is 0.340 e. The molecule has 1 aromatic carbocycles. The lowest BCUT2D eigenvalue weighted by atomic mass is 10.1. The molecule has 0 atom stereocenters. The number of rotatable bonds is 5. The van der Waals surface area contributed by atoms with E-state index in [2.05, 4.69) is 30.7 Å². The number of aryl methyl sites for hydroxylation is 1. The molecule has 0 aliphatic carbocycles. The summed E-state index contributed by atoms with van der Waals surface area (Å²) in [6.45, 7) is 3.32. The van der Waals surface area contributed by atoms with Crippen molar-refractivity contribution < 1.29 is 28.2 Å². The number of esters is 2. The van der Waals surface area contributed by atoms with Crippen LogP contribution in [0.4, 0.5) is 10.1 Å². The van der Waals surface area contributed by atoms with Crippen LogP contribution in [-0.4, -0.2) is 31.6 Å². The molecular formula is C14H15BrFNO5. The molecule has 1 rings (SSSR count). The normalized spacial score (nSPS) is 10.0. The van der Waals surface area contributed by atoms with Crippen molar-refractivity contribution >= 4 is 39.5 Å². The third kappa shape index (κ3) is 4.27. The highest BCUT2D eigenvalue weighted by Crippen LogP contribution is 2.31. The number of anilines is 1. The fourth-order valence-electron chi connectivity index (χ4n) is 1.67. The van der Waals surface area contributed by atoms with E-state index in [0.717, 1.165) is 7.11 Å². The largest absolute Gasteiger partial charge is 0.466 e. The number of benzene rings is 1. The molecule has 8 heteroatoms. The average Bonchev–Trinajstić information content (AvgIpc) is 2.47. The number of nitrogens with one attached hydrogen (secondary N) is 1. The molecule has 0 radical (unpaired) electrons. The maximum atomic E-state index is 14.3. The van der Waals surface area contributed by atoms with Crippen LogP contribution in [0.3, 0.4) is 0 Å². The molecule has 0 saturated carbocycles. The van der Waals surface area contributed by atoms with Gasteiger partial charge in [-0.2, -0.15) is 0 Å². The van der Waals surface area contributed by atoms with Crippen molar-refractivity contribution in [2.45, 2.75) is 20.3 Å². The molecule has 0 aliphatic heterocycles. The first-order chi connectivity index (χ1) is 10.3. The van der Waals surface area contributed by atoms with Gasteiger partial charge in [0.1, 0.15) is 6.42 Å². The maximum absolute atomic E-state index is 14.3. The highest BCUT2D eigenvalue weighted by atomic mass is 79.9. The number of halogens is 2. The summed E-state index contributed by atoms with van der Waals surface area (Å²) in [6, 6.07) is 1.37. The van der Waals surface area contributed by atoms with Gasteiger partial charge in [-0.1, -0.05) is 0 Å². The second-order valence-electron chi connectivity index (χ2n) is 4.27. The second-order valence-corrected chi connectivity index (χ2v) is 5.06. The van der Waals surface area contributed by atoms with Gasteiger partial charge in [-0.3, -0.25) is 9.59 Å². The van der Waals surface area contributed by atoms with Gasteiger partial charge in [0.25, 0.3) is 0 Å². The molecule has 0 aliphatic rings. The van der Waals surface area contributed by atoms with Crippen molar-refractivity contribution in [2.24, 2.45) is 0 Å². The molecule has 0 saturated heterocycles. The quantitative estimate of drug-likeness (QED) is 0.631. The molecular weight excluding hydrogens is 361 g/mol. The Morgan fingerprint density at radius 2 is 2.00 bits per heavy atom. The predicted molar refractivity (Wildman–Crippen MR) is 80.1 cm³/mol. The van der Waals surface area contributed by atoms with E-state index in [0.29, 0.717) is 5.56 Å². The molecule has 0 bridgehead atoms. The Balaban J connectivity index is 3.12. The number of methoxy groups -OCH3 is 1. The minimum Gasteiger partial charge on any atom is -0.466 e. The van der Waals surface area contributed by atoms with Crippen LogP contribution < -0.4 is 5.32 Å². The third-order valence-electron chi connectivity index (χ3n) is 2.67. The van der Waals surface area contributed by atoms with Gasteiger partial charge < -0.3 is 14.8 Å². The Bertz CT molecular complexity index is 618. The van der Waals surface area contributed by atoms with Crippen molar-refractivity contribution in [3.8, 4) is 0 Å². The number of hydrogen-bond acceptors (Lipinski definition) is 5. The highest BCUT2D eigenvalue weighted by Gasteiger charge is 2.23. The average molecular weight is 376 g/mol. The Hall–Kier alpha value is -1.96. The summed E-state index contributed by atoms with van der Waals surface area (Å²) >= 11 is 3.03. The monoisotopic (exact) mass is 375 g/mol. The van der Waals surface area contributed by atoms with Crippen molar-refractivity contribution in [1.82, 2.24) is 0 Å². The van der Waals surface area contributed by atoms with E-state index in [9.17, 15) is 18.8 Å². The Morgan fingerprint density at radius 3 is 2.55 bits per heavy atom. The molecule has 0 aromatic heterocycles. The summed E-state index contributed by atoms with van der Waals surface area (Å²) in [4.78, 5) is 34.7. The van der Waals surface area contributed by atoms with Gasteiger partial charge in [-0.15, -0.1) is 0 Å². The van der Waals surface area contributed by atoms with E-state index in [1.165, 1.54) is 6.07 Å². The molecule has 0 heterocycles. The van der Waals surface area contributed by atoms with Crippen molar-refractivity contribution in [1.29, 1.82) is 0 Å². The van der Waals surface area contributed by atoms with Gasteiger partial charge in [0.15, 0.2) is 5.82 Å². The summed E-state index contributed by atoms with van der Waals surface area (Å²) < 4.78 is 23.6. The minimum atomic E-state index is -0.822. The number of carbonyl (C=O) groups excluding carboxylic acids is 3. The van der Waals surface area contributed by atoms with Crippen molar-refractivity contribution in [3.63, 3.8) is 0 Å². The highest BCUT2D eigenvalue weighted by molar-refractivity contribution is 9.10.